The zero-order chi connectivity index (χ0) is 17.6. The number of benzene rings is 1. The molecule has 0 radical (unpaired) electrons. The number of carbonyl (C=O) groups is 2. The largest absolute Gasteiger partial charge is 0.347 e. The van der Waals surface area contributed by atoms with Crippen molar-refractivity contribution >= 4 is 17.5 Å². The van der Waals surface area contributed by atoms with Gasteiger partial charge in [-0.3, -0.25) is 14.3 Å². The van der Waals surface area contributed by atoms with Crippen LogP contribution in [0.25, 0.3) is 0 Å². The highest BCUT2D eigenvalue weighted by atomic mass is 16.2. The Morgan fingerprint density at radius 1 is 1.28 bits per heavy atom. The van der Waals surface area contributed by atoms with Gasteiger partial charge in [0.15, 0.2) is 0 Å². The molecule has 1 aliphatic rings. The predicted molar refractivity (Wildman–Crippen MR) is 95.3 cm³/mol. The van der Waals surface area contributed by atoms with Crippen LogP contribution in [0.1, 0.15) is 41.9 Å². The fourth-order valence-electron chi connectivity index (χ4n) is 2.90. The third-order valence-electron chi connectivity index (χ3n) is 4.21. The van der Waals surface area contributed by atoms with E-state index in [2.05, 4.69) is 21.0 Å². The van der Waals surface area contributed by atoms with Crippen LogP contribution in [-0.2, 0) is 11.3 Å². The number of piperidine rings is 1. The van der Waals surface area contributed by atoms with E-state index in [9.17, 15) is 9.59 Å². The summed E-state index contributed by atoms with van der Waals surface area (Å²) in [6.45, 7) is 3.82. The average Bonchev–Trinajstić information content (AvgIpc) is 3.11. The summed E-state index contributed by atoms with van der Waals surface area (Å²) in [4.78, 5) is 23.3. The lowest BCUT2D eigenvalue weighted by molar-refractivity contribution is -0.114. The molecule has 1 atom stereocenters. The van der Waals surface area contributed by atoms with Crippen molar-refractivity contribution in [3.63, 3.8) is 0 Å². The number of carbonyl (C=O) groups excluding carboxylic acids is 2. The molecule has 1 fully saturated rings. The Labute approximate surface area is 146 Å². The lowest BCUT2D eigenvalue weighted by Crippen LogP contribution is -2.32. The van der Waals surface area contributed by atoms with Gasteiger partial charge < -0.3 is 16.0 Å². The third kappa shape index (κ3) is 4.67. The molecule has 0 bridgehead atoms. The fraction of sp³-hybridized carbons (Fsp3) is 0.389. The van der Waals surface area contributed by atoms with Crippen molar-refractivity contribution in [1.82, 2.24) is 20.4 Å². The molecule has 25 heavy (non-hydrogen) atoms. The van der Waals surface area contributed by atoms with Gasteiger partial charge in [0.25, 0.3) is 5.91 Å². The van der Waals surface area contributed by atoms with Crippen LogP contribution in [0.4, 0.5) is 5.69 Å². The van der Waals surface area contributed by atoms with E-state index in [-0.39, 0.29) is 11.8 Å². The van der Waals surface area contributed by atoms with E-state index in [1.165, 1.54) is 6.92 Å². The molecule has 2 amide bonds. The molecule has 1 aliphatic heterocycles. The molecule has 1 aromatic carbocycles. The zero-order valence-electron chi connectivity index (χ0n) is 14.3. The number of hydrogen-bond donors (Lipinski definition) is 3. The molecule has 2 heterocycles. The number of nitrogens with one attached hydrogen (secondary N) is 3. The highest BCUT2D eigenvalue weighted by Gasteiger charge is 2.17. The summed E-state index contributed by atoms with van der Waals surface area (Å²) in [5.41, 5.74) is 2.13. The van der Waals surface area contributed by atoms with Crippen LogP contribution >= 0.6 is 0 Å². The predicted octanol–water partition coefficient (Wildman–Crippen LogP) is 1.70. The summed E-state index contributed by atoms with van der Waals surface area (Å²) >= 11 is 0. The molecule has 1 unspecified atom stereocenters. The molecule has 3 N–H and O–H groups in total. The second-order valence-electron chi connectivity index (χ2n) is 6.24. The standard InChI is InChI=1S/C18H23N5O2/c1-13(24)21-15-6-4-14(5-7-15)11-20-18(25)17-8-10-23(22-17)16-3-2-9-19-12-16/h4-8,10,16,19H,2-3,9,11-12H2,1H3,(H,20,25)(H,21,24). The summed E-state index contributed by atoms with van der Waals surface area (Å²) in [5, 5.41) is 13.3. The van der Waals surface area contributed by atoms with Crippen molar-refractivity contribution in [3.05, 3.63) is 47.8 Å². The van der Waals surface area contributed by atoms with Crippen molar-refractivity contribution < 1.29 is 9.59 Å². The average molecular weight is 341 g/mol. The van der Waals surface area contributed by atoms with Gasteiger partial charge in [-0.2, -0.15) is 5.10 Å². The molecule has 1 aromatic heterocycles. The number of hydrogen-bond acceptors (Lipinski definition) is 4. The first kappa shape index (κ1) is 17.2. The highest BCUT2D eigenvalue weighted by Crippen LogP contribution is 2.16. The van der Waals surface area contributed by atoms with E-state index < -0.39 is 0 Å². The number of rotatable bonds is 5. The van der Waals surface area contributed by atoms with E-state index >= 15 is 0 Å². The fourth-order valence-corrected chi connectivity index (χ4v) is 2.90. The molecule has 0 aliphatic carbocycles. The topological polar surface area (TPSA) is 88.0 Å². The first-order valence-corrected chi connectivity index (χ1v) is 8.52. The Morgan fingerprint density at radius 2 is 2.08 bits per heavy atom. The Bertz CT molecular complexity index is 732. The van der Waals surface area contributed by atoms with Crippen LogP contribution in [0.2, 0.25) is 0 Å². The first-order valence-electron chi connectivity index (χ1n) is 8.52. The smallest absolute Gasteiger partial charge is 0.272 e. The van der Waals surface area contributed by atoms with Crippen LogP contribution in [0.3, 0.4) is 0 Å². The first-order chi connectivity index (χ1) is 12.1. The lowest BCUT2D eigenvalue weighted by atomic mass is 10.1. The van der Waals surface area contributed by atoms with Gasteiger partial charge in [-0.05, 0) is 43.1 Å². The minimum atomic E-state index is -0.187. The van der Waals surface area contributed by atoms with E-state index in [4.69, 9.17) is 0 Å². The maximum atomic E-state index is 12.3. The van der Waals surface area contributed by atoms with Crippen molar-refractivity contribution in [3.8, 4) is 0 Å². The van der Waals surface area contributed by atoms with Crippen LogP contribution in [-0.4, -0.2) is 34.7 Å². The van der Waals surface area contributed by atoms with E-state index in [0.717, 1.165) is 37.2 Å². The summed E-state index contributed by atoms with van der Waals surface area (Å²) in [7, 11) is 0. The molecule has 2 aromatic rings. The van der Waals surface area contributed by atoms with Gasteiger partial charge in [0.1, 0.15) is 5.69 Å². The van der Waals surface area contributed by atoms with Crippen LogP contribution in [0.5, 0.6) is 0 Å². The number of aromatic nitrogens is 2. The van der Waals surface area contributed by atoms with E-state index in [1.807, 2.05) is 35.1 Å². The SMILES string of the molecule is CC(=O)Nc1ccc(CNC(=O)c2ccn(C3CCCNC3)n2)cc1. The van der Waals surface area contributed by atoms with Gasteiger partial charge in [0.2, 0.25) is 5.91 Å². The Morgan fingerprint density at radius 3 is 2.76 bits per heavy atom. The Kier molecular flexibility index (Phi) is 5.45. The quantitative estimate of drug-likeness (QED) is 0.772. The van der Waals surface area contributed by atoms with Crippen LogP contribution in [0, 0.1) is 0 Å². The molecule has 1 saturated heterocycles. The molecular weight excluding hydrogens is 318 g/mol. The summed E-state index contributed by atoms with van der Waals surface area (Å²) < 4.78 is 1.88. The summed E-state index contributed by atoms with van der Waals surface area (Å²) in [6, 6.07) is 9.44. The monoisotopic (exact) mass is 341 g/mol. The minimum Gasteiger partial charge on any atom is -0.347 e. The van der Waals surface area contributed by atoms with Crippen molar-refractivity contribution in [2.24, 2.45) is 0 Å². The molecule has 7 nitrogen and oxygen atoms in total. The van der Waals surface area contributed by atoms with Crippen molar-refractivity contribution in [1.29, 1.82) is 0 Å². The van der Waals surface area contributed by atoms with Crippen LogP contribution in [0.15, 0.2) is 36.5 Å². The normalized spacial score (nSPS) is 17.1. The van der Waals surface area contributed by atoms with Gasteiger partial charge in [-0.1, -0.05) is 12.1 Å². The van der Waals surface area contributed by atoms with E-state index in [1.54, 1.807) is 6.07 Å². The van der Waals surface area contributed by atoms with Gasteiger partial charge in [0.05, 0.1) is 6.04 Å². The molecule has 0 saturated carbocycles. The summed E-state index contributed by atoms with van der Waals surface area (Å²) in [5.74, 6) is -0.293. The summed E-state index contributed by atoms with van der Waals surface area (Å²) in [6.07, 6.45) is 4.08. The van der Waals surface area contributed by atoms with Gasteiger partial charge >= 0.3 is 0 Å². The number of nitrogens with zero attached hydrogens (tertiary/aromatic N) is 2. The Balaban J connectivity index is 1.53. The molecule has 132 valence electrons. The van der Waals surface area contributed by atoms with Gasteiger partial charge in [-0.15, -0.1) is 0 Å². The molecular formula is C18H23N5O2. The lowest BCUT2D eigenvalue weighted by Gasteiger charge is -2.22. The highest BCUT2D eigenvalue weighted by molar-refractivity contribution is 5.92. The Hall–Kier alpha value is -2.67. The second kappa shape index (κ2) is 7.94. The van der Waals surface area contributed by atoms with Gasteiger partial charge in [-0.25, -0.2) is 0 Å². The molecule has 7 heteroatoms. The van der Waals surface area contributed by atoms with Crippen molar-refractivity contribution in [2.75, 3.05) is 18.4 Å². The molecule has 3 rings (SSSR count). The van der Waals surface area contributed by atoms with Gasteiger partial charge in [0, 0.05) is 31.9 Å². The number of amides is 2. The second-order valence-corrected chi connectivity index (χ2v) is 6.24. The van der Waals surface area contributed by atoms with E-state index in [0.29, 0.717) is 18.3 Å². The third-order valence-corrected chi connectivity index (χ3v) is 4.21. The number of anilines is 1. The van der Waals surface area contributed by atoms with Crippen LogP contribution < -0.4 is 16.0 Å². The zero-order valence-corrected chi connectivity index (χ0v) is 14.3. The molecule has 0 spiro atoms. The minimum absolute atomic E-state index is 0.107. The van der Waals surface area contributed by atoms with Crippen molar-refractivity contribution in [2.45, 2.75) is 32.4 Å². The maximum Gasteiger partial charge on any atom is 0.272 e. The maximum absolute atomic E-state index is 12.3.